The maximum absolute atomic E-state index is 13.0. The van der Waals surface area contributed by atoms with Gasteiger partial charge in [0.1, 0.15) is 11.8 Å². The van der Waals surface area contributed by atoms with Crippen molar-refractivity contribution in [2.24, 2.45) is 4.36 Å². The number of ether oxygens (including phenoxy) is 1. The maximum atomic E-state index is 13.0. The molecule has 0 N–H and O–H groups in total. The molecule has 1 unspecified atom stereocenters. The molecule has 0 spiro atoms. The van der Waals surface area contributed by atoms with Crippen LogP contribution in [-0.2, 0) is 19.6 Å². The van der Waals surface area contributed by atoms with Gasteiger partial charge in [-0.25, -0.2) is 21.8 Å². The number of hydrogen-bond acceptors (Lipinski definition) is 7. The Balaban J connectivity index is 1.83. The highest BCUT2D eigenvalue weighted by atomic mass is 35.5. The van der Waals surface area contributed by atoms with E-state index in [2.05, 4.69) is 4.36 Å². The number of carbonyl (C=O) groups excluding carboxylic acids is 1. The minimum Gasteiger partial charge on any atom is -0.423 e. The molecule has 0 aliphatic carbocycles. The lowest BCUT2D eigenvalue weighted by Gasteiger charge is -2.07. The first-order chi connectivity index (χ1) is 15.6. The first kappa shape index (κ1) is 24.2. The number of halogens is 1. The van der Waals surface area contributed by atoms with Crippen molar-refractivity contribution in [1.29, 1.82) is 5.26 Å². The predicted molar refractivity (Wildman–Crippen MR) is 125 cm³/mol. The van der Waals surface area contributed by atoms with Crippen LogP contribution >= 0.6 is 11.6 Å². The van der Waals surface area contributed by atoms with Crippen molar-refractivity contribution < 1.29 is 22.2 Å². The fraction of sp³-hybridized carbons (Fsp3) is 0.0435. The molecule has 10 heteroatoms. The molecule has 0 heterocycles. The van der Waals surface area contributed by atoms with Crippen LogP contribution in [0.3, 0.4) is 0 Å². The van der Waals surface area contributed by atoms with Crippen LogP contribution in [-0.4, -0.2) is 24.9 Å². The average Bonchev–Trinajstić information content (AvgIpc) is 2.80. The van der Waals surface area contributed by atoms with E-state index in [0.717, 1.165) is 6.20 Å². The maximum Gasteiger partial charge on any atom is 0.343 e. The van der Waals surface area contributed by atoms with Gasteiger partial charge < -0.3 is 4.74 Å². The molecule has 0 saturated heterocycles. The molecule has 0 aliphatic rings. The van der Waals surface area contributed by atoms with E-state index in [1.54, 1.807) is 24.3 Å². The Bertz CT molecular complexity index is 1470. The molecule has 7 nitrogen and oxygen atoms in total. The summed E-state index contributed by atoms with van der Waals surface area (Å²) in [7, 11) is -7.17. The van der Waals surface area contributed by atoms with Crippen molar-refractivity contribution in [2.45, 2.75) is 9.79 Å². The fourth-order valence-corrected chi connectivity index (χ4v) is 4.95. The Morgan fingerprint density at radius 3 is 2.12 bits per heavy atom. The van der Waals surface area contributed by atoms with Gasteiger partial charge in [0.15, 0.2) is 4.91 Å². The summed E-state index contributed by atoms with van der Waals surface area (Å²) in [6.07, 6.45) is 2.11. The number of allylic oxidation sites excluding steroid dienone is 1. The van der Waals surface area contributed by atoms with Gasteiger partial charge in [0.2, 0.25) is 9.84 Å². The van der Waals surface area contributed by atoms with Crippen LogP contribution in [0.15, 0.2) is 104 Å². The number of benzene rings is 3. The molecule has 0 fully saturated rings. The fourth-order valence-electron chi connectivity index (χ4n) is 2.61. The van der Waals surface area contributed by atoms with E-state index < -0.39 is 30.4 Å². The van der Waals surface area contributed by atoms with Crippen molar-refractivity contribution in [3.8, 4) is 11.8 Å². The van der Waals surface area contributed by atoms with Crippen LogP contribution in [0, 0.1) is 11.3 Å². The Morgan fingerprint density at radius 2 is 1.55 bits per heavy atom. The van der Waals surface area contributed by atoms with Crippen LogP contribution in [0.25, 0.3) is 0 Å². The van der Waals surface area contributed by atoms with E-state index in [0.29, 0.717) is 10.6 Å². The van der Waals surface area contributed by atoms with Crippen LogP contribution in [0.1, 0.15) is 10.4 Å². The molecule has 1 atom stereocenters. The zero-order chi connectivity index (χ0) is 24.1. The van der Waals surface area contributed by atoms with Crippen molar-refractivity contribution in [3.05, 3.63) is 101 Å². The lowest BCUT2D eigenvalue weighted by Crippen LogP contribution is -2.08. The third-order valence-electron chi connectivity index (χ3n) is 4.38. The largest absolute Gasteiger partial charge is 0.423 e. The standard InChI is InChI=1S/C23H17ClN2O5S2/c1-32(28,26-16-22(15-25)33(29,30)21-5-3-2-4-6-21)20-13-11-19(12-14-20)31-23(27)17-7-9-18(24)10-8-17/h2-14,16H,1H3/b22-16-. The monoisotopic (exact) mass is 500 g/mol. The molecule has 0 aromatic heterocycles. The third-order valence-corrected chi connectivity index (χ3v) is 7.95. The first-order valence-electron chi connectivity index (χ1n) is 9.33. The summed E-state index contributed by atoms with van der Waals surface area (Å²) in [6, 6.07) is 21.0. The Morgan fingerprint density at radius 1 is 0.939 bits per heavy atom. The molecule has 33 heavy (non-hydrogen) atoms. The molecule has 0 radical (unpaired) electrons. The molecule has 0 aliphatic heterocycles. The van der Waals surface area contributed by atoms with Gasteiger partial charge in [-0.1, -0.05) is 29.8 Å². The van der Waals surface area contributed by atoms with Crippen molar-refractivity contribution >= 4 is 37.1 Å². The second kappa shape index (κ2) is 10.0. The second-order valence-corrected chi connectivity index (χ2v) is 11.3. The van der Waals surface area contributed by atoms with Gasteiger partial charge in [0.05, 0.1) is 26.4 Å². The van der Waals surface area contributed by atoms with E-state index in [9.17, 15) is 22.7 Å². The van der Waals surface area contributed by atoms with Gasteiger partial charge in [-0.2, -0.15) is 5.26 Å². The van der Waals surface area contributed by atoms with Crippen LogP contribution in [0.5, 0.6) is 5.75 Å². The highest BCUT2D eigenvalue weighted by Gasteiger charge is 2.20. The van der Waals surface area contributed by atoms with Gasteiger partial charge in [0.25, 0.3) is 0 Å². The predicted octanol–water partition coefficient (Wildman–Crippen LogP) is 4.85. The van der Waals surface area contributed by atoms with E-state index >= 15 is 0 Å². The van der Waals surface area contributed by atoms with Gasteiger partial charge in [-0.05, 0) is 60.7 Å². The molecule has 3 rings (SSSR count). The van der Waals surface area contributed by atoms with Gasteiger partial charge in [0, 0.05) is 16.2 Å². The van der Waals surface area contributed by atoms with Gasteiger partial charge >= 0.3 is 5.97 Å². The lowest BCUT2D eigenvalue weighted by atomic mass is 10.2. The lowest BCUT2D eigenvalue weighted by molar-refractivity contribution is 0.0734. The number of rotatable bonds is 6. The van der Waals surface area contributed by atoms with Gasteiger partial charge in [-0.3, -0.25) is 0 Å². The molecule has 168 valence electrons. The van der Waals surface area contributed by atoms with Crippen molar-refractivity contribution in [2.75, 3.05) is 6.26 Å². The summed E-state index contributed by atoms with van der Waals surface area (Å²) in [5.41, 5.74) is 0.312. The molecule has 0 bridgehead atoms. The molecular weight excluding hydrogens is 484 g/mol. The zero-order valence-corrected chi connectivity index (χ0v) is 19.6. The molecule has 3 aromatic rings. The molecule has 0 amide bonds. The highest BCUT2D eigenvalue weighted by molar-refractivity contribution is 7.95. The van der Waals surface area contributed by atoms with Crippen molar-refractivity contribution in [1.82, 2.24) is 0 Å². The van der Waals surface area contributed by atoms with E-state index in [4.69, 9.17) is 16.3 Å². The molecular formula is C23H17ClN2O5S2. The van der Waals surface area contributed by atoms with E-state index in [1.807, 2.05) is 0 Å². The van der Waals surface area contributed by atoms with Crippen LogP contribution in [0.2, 0.25) is 5.02 Å². The topological polar surface area (TPSA) is 114 Å². The number of esters is 1. The minimum absolute atomic E-state index is 0.0672. The Kier molecular flexibility index (Phi) is 7.33. The number of nitriles is 1. The smallest absolute Gasteiger partial charge is 0.343 e. The number of carbonyl (C=O) groups is 1. The van der Waals surface area contributed by atoms with E-state index in [1.165, 1.54) is 66.9 Å². The number of hydrogen-bond donors (Lipinski definition) is 0. The summed E-state index contributed by atoms with van der Waals surface area (Å²) in [5, 5.41) is 9.80. The SMILES string of the molecule is CS(=O)(=N/C=C(/C#N)S(=O)(=O)c1ccccc1)c1ccc(OC(=O)c2ccc(Cl)cc2)cc1. The normalized spacial score (nSPS) is 13.4. The Hall–Kier alpha value is -3.45. The van der Waals surface area contributed by atoms with Crippen LogP contribution in [0.4, 0.5) is 0 Å². The second-order valence-electron chi connectivity index (χ2n) is 6.70. The van der Waals surface area contributed by atoms with Crippen molar-refractivity contribution in [3.63, 3.8) is 0 Å². The molecule has 3 aromatic carbocycles. The summed E-state index contributed by atoms with van der Waals surface area (Å²) < 4.78 is 47.4. The zero-order valence-electron chi connectivity index (χ0n) is 17.2. The van der Waals surface area contributed by atoms with Crippen LogP contribution < -0.4 is 4.74 Å². The molecule has 0 saturated carbocycles. The number of nitrogens with zero attached hydrogens (tertiary/aromatic N) is 2. The summed E-state index contributed by atoms with van der Waals surface area (Å²) in [5.74, 6) is -0.372. The minimum atomic E-state index is -4.09. The van der Waals surface area contributed by atoms with E-state index in [-0.39, 0.29) is 15.5 Å². The Labute approximate surface area is 197 Å². The first-order valence-corrected chi connectivity index (χ1v) is 13.1. The summed E-state index contributed by atoms with van der Waals surface area (Å²) in [6.45, 7) is 0. The summed E-state index contributed by atoms with van der Waals surface area (Å²) >= 11 is 5.80. The summed E-state index contributed by atoms with van der Waals surface area (Å²) in [4.78, 5) is 11.8. The third kappa shape index (κ3) is 5.87. The quantitative estimate of drug-likeness (QED) is 0.271. The highest BCUT2D eigenvalue weighted by Crippen LogP contribution is 2.22. The average molecular weight is 501 g/mol. The number of sulfone groups is 1. The van der Waals surface area contributed by atoms with Gasteiger partial charge in [-0.15, -0.1) is 0 Å².